The number of rotatable bonds is 8. The fourth-order valence-electron chi connectivity index (χ4n) is 3.39. The molecule has 0 heterocycles. The minimum absolute atomic E-state index is 0.949. The molecule has 0 bridgehead atoms. The zero-order valence-electron chi connectivity index (χ0n) is 14.0. The summed E-state index contributed by atoms with van der Waals surface area (Å²) < 4.78 is 0. The van der Waals surface area contributed by atoms with Gasteiger partial charge in [0, 0.05) is 0 Å². The third kappa shape index (κ3) is 5.69. The van der Waals surface area contributed by atoms with Crippen LogP contribution < -0.4 is 0 Å². The first-order valence-corrected chi connectivity index (χ1v) is 9.05. The molecule has 0 fully saturated rings. The van der Waals surface area contributed by atoms with E-state index in [4.69, 9.17) is 0 Å². The van der Waals surface area contributed by atoms with E-state index >= 15 is 0 Å². The van der Waals surface area contributed by atoms with Crippen LogP contribution in [-0.4, -0.2) is 0 Å². The van der Waals surface area contributed by atoms with Crippen molar-refractivity contribution in [3.05, 3.63) is 41.5 Å². The van der Waals surface area contributed by atoms with Gasteiger partial charge in [0.15, 0.2) is 0 Å². The molecule has 1 aromatic rings. The third-order valence-corrected chi connectivity index (χ3v) is 4.91. The number of hydrogen-bond acceptors (Lipinski definition) is 0. The lowest BCUT2D eigenvalue weighted by Gasteiger charge is -2.22. The van der Waals surface area contributed by atoms with E-state index in [0.29, 0.717) is 0 Å². The van der Waals surface area contributed by atoms with Gasteiger partial charge in [0.1, 0.15) is 0 Å². The number of unbranched alkanes of at least 4 members (excludes halogenated alkanes) is 5. The monoisotopic (exact) mass is 284 g/mol. The molecule has 1 atom stereocenters. The summed E-state index contributed by atoms with van der Waals surface area (Å²) in [5.41, 5.74) is 4.38. The van der Waals surface area contributed by atoms with Crippen molar-refractivity contribution in [2.24, 2.45) is 5.92 Å². The lowest BCUT2D eigenvalue weighted by atomic mass is 9.84. The summed E-state index contributed by atoms with van der Waals surface area (Å²) in [6.07, 6.45) is 16.5. The van der Waals surface area contributed by atoms with E-state index in [1.165, 1.54) is 75.3 Å². The Bertz CT molecular complexity index is 424. The first-order valence-electron chi connectivity index (χ1n) is 9.05. The molecule has 116 valence electrons. The summed E-state index contributed by atoms with van der Waals surface area (Å²) >= 11 is 0. The standard InChI is InChI=1S/C21H32/c1-3-4-5-6-7-8-9-19-12-16-21(17-13-19)20-14-10-18(2)11-15-20/h10-11,14-16,19H,3-9,12-13,17H2,1-2H3. The Hall–Kier alpha value is -1.04. The SMILES string of the molecule is CCCCCCCCC1CC=C(c2ccc(C)cc2)CC1. The maximum Gasteiger partial charge on any atom is -0.0228 e. The predicted molar refractivity (Wildman–Crippen MR) is 94.5 cm³/mol. The molecule has 1 unspecified atom stereocenters. The van der Waals surface area contributed by atoms with Crippen LogP contribution in [0.2, 0.25) is 0 Å². The van der Waals surface area contributed by atoms with Gasteiger partial charge in [0.05, 0.1) is 0 Å². The largest absolute Gasteiger partial charge is 0.0804 e. The van der Waals surface area contributed by atoms with Crippen LogP contribution in [0.1, 0.15) is 82.3 Å². The van der Waals surface area contributed by atoms with Crippen LogP contribution in [0.5, 0.6) is 0 Å². The van der Waals surface area contributed by atoms with Gasteiger partial charge in [-0.2, -0.15) is 0 Å². The summed E-state index contributed by atoms with van der Waals surface area (Å²) in [6.45, 7) is 4.45. The van der Waals surface area contributed by atoms with E-state index < -0.39 is 0 Å². The topological polar surface area (TPSA) is 0 Å². The Kier molecular flexibility index (Phi) is 7.06. The highest BCUT2D eigenvalue weighted by atomic mass is 14.2. The summed E-state index contributed by atoms with van der Waals surface area (Å²) in [6, 6.07) is 9.04. The lowest BCUT2D eigenvalue weighted by Crippen LogP contribution is -2.05. The molecule has 1 aliphatic rings. The fraction of sp³-hybridized carbons (Fsp3) is 0.619. The molecular weight excluding hydrogens is 252 g/mol. The van der Waals surface area contributed by atoms with Gasteiger partial charge < -0.3 is 0 Å². The molecule has 0 aliphatic heterocycles. The smallest absolute Gasteiger partial charge is 0.0228 e. The van der Waals surface area contributed by atoms with E-state index in [2.05, 4.69) is 44.2 Å². The summed E-state index contributed by atoms with van der Waals surface area (Å²) in [4.78, 5) is 0. The minimum atomic E-state index is 0.949. The van der Waals surface area contributed by atoms with Crippen molar-refractivity contribution in [2.45, 2.75) is 78.1 Å². The maximum atomic E-state index is 2.51. The molecule has 1 aromatic carbocycles. The first kappa shape index (κ1) is 16.3. The van der Waals surface area contributed by atoms with Gasteiger partial charge in [-0.1, -0.05) is 87.8 Å². The molecule has 0 nitrogen and oxygen atoms in total. The highest BCUT2D eigenvalue weighted by molar-refractivity contribution is 5.66. The highest BCUT2D eigenvalue weighted by Crippen LogP contribution is 2.32. The van der Waals surface area contributed by atoms with Gasteiger partial charge >= 0.3 is 0 Å². The van der Waals surface area contributed by atoms with Gasteiger partial charge in [-0.05, 0) is 43.2 Å². The molecule has 1 aliphatic carbocycles. The van der Waals surface area contributed by atoms with Crippen molar-refractivity contribution >= 4 is 5.57 Å². The Morgan fingerprint density at radius 2 is 1.67 bits per heavy atom. The quantitative estimate of drug-likeness (QED) is 0.454. The van der Waals surface area contributed by atoms with Gasteiger partial charge in [0.2, 0.25) is 0 Å². The van der Waals surface area contributed by atoms with Crippen molar-refractivity contribution in [3.8, 4) is 0 Å². The summed E-state index contributed by atoms with van der Waals surface area (Å²) in [7, 11) is 0. The second-order valence-electron chi connectivity index (χ2n) is 6.79. The van der Waals surface area contributed by atoms with Crippen molar-refractivity contribution in [2.75, 3.05) is 0 Å². The predicted octanol–water partition coefficient (Wildman–Crippen LogP) is 6.93. The van der Waals surface area contributed by atoms with Crippen LogP contribution in [0.4, 0.5) is 0 Å². The number of benzene rings is 1. The van der Waals surface area contributed by atoms with Crippen molar-refractivity contribution in [1.82, 2.24) is 0 Å². The maximum absolute atomic E-state index is 2.51. The molecule has 0 amide bonds. The fourth-order valence-corrected chi connectivity index (χ4v) is 3.39. The summed E-state index contributed by atoms with van der Waals surface area (Å²) in [5, 5.41) is 0. The zero-order chi connectivity index (χ0) is 14.9. The van der Waals surface area contributed by atoms with Gasteiger partial charge in [-0.25, -0.2) is 0 Å². The van der Waals surface area contributed by atoms with Gasteiger partial charge in [0.25, 0.3) is 0 Å². The van der Waals surface area contributed by atoms with Crippen molar-refractivity contribution in [1.29, 1.82) is 0 Å². The van der Waals surface area contributed by atoms with Crippen molar-refractivity contribution < 1.29 is 0 Å². The van der Waals surface area contributed by atoms with E-state index in [1.54, 1.807) is 5.57 Å². The summed E-state index contributed by atoms with van der Waals surface area (Å²) in [5.74, 6) is 0.949. The Balaban J connectivity index is 1.68. The molecule has 2 rings (SSSR count). The zero-order valence-corrected chi connectivity index (χ0v) is 14.0. The third-order valence-electron chi connectivity index (χ3n) is 4.91. The van der Waals surface area contributed by atoms with Crippen LogP contribution >= 0.6 is 0 Å². The highest BCUT2D eigenvalue weighted by Gasteiger charge is 2.14. The molecule has 0 heteroatoms. The van der Waals surface area contributed by atoms with Crippen LogP contribution in [0, 0.1) is 12.8 Å². The molecule has 0 spiro atoms. The Morgan fingerprint density at radius 3 is 2.33 bits per heavy atom. The number of allylic oxidation sites excluding steroid dienone is 2. The number of hydrogen-bond donors (Lipinski definition) is 0. The Morgan fingerprint density at radius 1 is 0.952 bits per heavy atom. The molecule has 0 saturated carbocycles. The van der Waals surface area contributed by atoms with Crippen LogP contribution in [-0.2, 0) is 0 Å². The van der Waals surface area contributed by atoms with E-state index in [9.17, 15) is 0 Å². The van der Waals surface area contributed by atoms with E-state index in [-0.39, 0.29) is 0 Å². The van der Waals surface area contributed by atoms with E-state index in [0.717, 1.165) is 5.92 Å². The second-order valence-corrected chi connectivity index (χ2v) is 6.79. The molecular formula is C21H32. The first-order chi connectivity index (χ1) is 10.3. The molecule has 0 aromatic heterocycles. The van der Waals surface area contributed by atoms with Crippen molar-refractivity contribution in [3.63, 3.8) is 0 Å². The molecule has 21 heavy (non-hydrogen) atoms. The van der Waals surface area contributed by atoms with Crippen LogP contribution in [0.3, 0.4) is 0 Å². The van der Waals surface area contributed by atoms with Gasteiger partial charge in [-0.15, -0.1) is 0 Å². The Labute approximate surface area is 131 Å². The van der Waals surface area contributed by atoms with Crippen LogP contribution in [0.25, 0.3) is 5.57 Å². The average Bonchev–Trinajstić information content (AvgIpc) is 2.52. The second kappa shape index (κ2) is 9.07. The molecule has 0 saturated heterocycles. The normalized spacial score (nSPS) is 18.6. The average molecular weight is 284 g/mol. The van der Waals surface area contributed by atoms with Gasteiger partial charge in [-0.3, -0.25) is 0 Å². The number of aryl methyl sites for hydroxylation is 1. The van der Waals surface area contributed by atoms with E-state index in [1.807, 2.05) is 0 Å². The molecule has 0 radical (unpaired) electrons. The lowest BCUT2D eigenvalue weighted by molar-refractivity contribution is 0.423. The minimum Gasteiger partial charge on any atom is -0.0804 e. The molecule has 0 N–H and O–H groups in total. The van der Waals surface area contributed by atoms with Crippen LogP contribution in [0.15, 0.2) is 30.3 Å².